The van der Waals surface area contributed by atoms with E-state index in [0.29, 0.717) is 21.4 Å². The fourth-order valence-electron chi connectivity index (χ4n) is 3.07. The minimum absolute atomic E-state index is 0.217. The van der Waals surface area contributed by atoms with Gasteiger partial charge in [0.05, 0.1) is 10.5 Å². The maximum absolute atomic E-state index is 12.7. The first-order chi connectivity index (χ1) is 13.1. The van der Waals surface area contributed by atoms with Crippen molar-refractivity contribution in [3.05, 3.63) is 64.3 Å². The molecule has 0 fully saturated rings. The molecule has 0 radical (unpaired) electrons. The second-order valence-electron chi connectivity index (χ2n) is 6.04. The summed E-state index contributed by atoms with van der Waals surface area (Å²) in [4.78, 5) is 22.2. The Hall–Kier alpha value is -3.03. The van der Waals surface area contributed by atoms with E-state index in [4.69, 9.17) is 11.6 Å². The number of nitrogens with zero attached hydrogens (tertiary/aromatic N) is 4. The molecule has 5 rings (SSSR count). The normalized spacial score (nSPS) is 11.5. The molecule has 8 heteroatoms. The maximum atomic E-state index is 12.7. The Morgan fingerprint density at radius 1 is 1.07 bits per heavy atom. The van der Waals surface area contributed by atoms with Gasteiger partial charge in [-0.2, -0.15) is 9.50 Å². The monoisotopic (exact) mass is 393 g/mol. The van der Waals surface area contributed by atoms with E-state index >= 15 is 0 Å². The molecule has 27 heavy (non-hydrogen) atoms. The molecule has 0 saturated heterocycles. The van der Waals surface area contributed by atoms with Gasteiger partial charge in [0.2, 0.25) is 5.95 Å². The predicted octanol–water partition coefficient (Wildman–Crippen LogP) is 4.71. The minimum atomic E-state index is -0.327. The first-order valence-corrected chi connectivity index (χ1v) is 9.42. The Labute approximate surface area is 162 Å². The Morgan fingerprint density at radius 2 is 1.81 bits per heavy atom. The second-order valence-corrected chi connectivity index (χ2v) is 7.47. The van der Waals surface area contributed by atoms with Gasteiger partial charge in [-0.3, -0.25) is 10.1 Å². The van der Waals surface area contributed by atoms with Crippen LogP contribution in [0.1, 0.15) is 15.5 Å². The lowest BCUT2D eigenvalue weighted by molar-refractivity contribution is 0.103. The maximum Gasteiger partial charge on any atom is 0.269 e. The average Bonchev–Trinajstić information content (AvgIpc) is 3.24. The van der Waals surface area contributed by atoms with Crippen LogP contribution in [0.4, 0.5) is 5.95 Å². The summed E-state index contributed by atoms with van der Waals surface area (Å²) in [6, 6.07) is 15.3. The SMILES string of the molecule is Cc1nc2ccccc2c2nc(NC(=O)c3sc4ccccc4c3Cl)nn12. The Kier molecular flexibility index (Phi) is 3.60. The number of carbonyl (C=O) groups excluding carboxylic acids is 1. The van der Waals surface area contributed by atoms with Crippen molar-refractivity contribution >= 4 is 61.4 Å². The smallest absolute Gasteiger partial charge is 0.269 e. The van der Waals surface area contributed by atoms with Crippen LogP contribution < -0.4 is 5.32 Å². The fraction of sp³-hybridized carbons (Fsp3) is 0.0526. The van der Waals surface area contributed by atoms with E-state index in [1.54, 1.807) is 4.52 Å². The molecule has 5 aromatic rings. The van der Waals surface area contributed by atoms with Crippen LogP contribution in [0.3, 0.4) is 0 Å². The topological polar surface area (TPSA) is 72.2 Å². The molecule has 0 atom stereocenters. The van der Waals surface area contributed by atoms with Crippen LogP contribution in [-0.4, -0.2) is 25.5 Å². The first-order valence-electron chi connectivity index (χ1n) is 8.22. The van der Waals surface area contributed by atoms with Gasteiger partial charge in [-0.1, -0.05) is 41.9 Å². The van der Waals surface area contributed by atoms with E-state index in [2.05, 4.69) is 20.4 Å². The van der Waals surface area contributed by atoms with Crippen LogP contribution in [0.15, 0.2) is 48.5 Å². The summed E-state index contributed by atoms with van der Waals surface area (Å²) >= 11 is 7.74. The van der Waals surface area contributed by atoms with Crippen LogP contribution >= 0.6 is 22.9 Å². The van der Waals surface area contributed by atoms with Crippen molar-refractivity contribution in [3.63, 3.8) is 0 Å². The number of amides is 1. The standard InChI is InChI=1S/C19H12ClN5OS/c1-10-21-13-8-4-2-6-11(13)17-22-19(24-25(10)17)23-18(26)16-15(20)12-7-3-5-9-14(12)27-16/h2-9H,1H3,(H,23,24,26). The number of halogens is 1. The number of para-hydroxylation sites is 1. The predicted molar refractivity (Wildman–Crippen MR) is 108 cm³/mol. The van der Waals surface area contributed by atoms with Gasteiger partial charge in [-0.25, -0.2) is 4.98 Å². The average molecular weight is 394 g/mol. The van der Waals surface area contributed by atoms with Crippen LogP contribution in [0, 0.1) is 6.92 Å². The van der Waals surface area contributed by atoms with Crippen molar-refractivity contribution in [3.8, 4) is 0 Å². The van der Waals surface area contributed by atoms with E-state index in [1.807, 2.05) is 55.5 Å². The number of nitrogens with one attached hydrogen (secondary N) is 1. The number of aryl methyl sites for hydroxylation is 1. The number of rotatable bonds is 2. The molecule has 1 amide bonds. The number of fused-ring (bicyclic) bond motifs is 4. The lowest BCUT2D eigenvalue weighted by Gasteiger charge is -2.01. The molecule has 132 valence electrons. The van der Waals surface area contributed by atoms with Gasteiger partial charge in [-0.05, 0) is 25.1 Å². The highest BCUT2D eigenvalue weighted by Gasteiger charge is 2.19. The zero-order valence-electron chi connectivity index (χ0n) is 14.1. The van der Waals surface area contributed by atoms with Crippen molar-refractivity contribution < 1.29 is 4.79 Å². The summed E-state index contributed by atoms with van der Waals surface area (Å²) in [5, 5.41) is 9.32. The summed E-state index contributed by atoms with van der Waals surface area (Å²) < 4.78 is 2.59. The molecular weight excluding hydrogens is 382 g/mol. The van der Waals surface area contributed by atoms with Gasteiger partial charge < -0.3 is 0 Å². The summed E-state index contributed by atoms with van der Waals surface area (Å²) in [6.07, 6.45) is 0. The van der Waals surface area contributed by atoms with Gasteiger partial charge in [0, 0.05) is 15.5 Å². The zero-order chi connectivity index (χ0) is 18.5. The number of hydrogen-bond acceptors (Lipinski definition) is 5. The van der Waals surface area contributed by atoms with Crippen molar-refractivity contribution in [2.24, 2.45) is 0 Å². The Morgan fingerprint density at radius 3 is 2.63 bits per heavy atom. The molecule has 0 aliphatic heterocycles. The van der Waals surface area contributed by atoms with E-state index in [9.17, 15) is 4.79 Å². The first kappa shape index (κ1) is 16.2. The number of aromatic nitrogens is 4. The number of thiophene rings is 1. The molecule has 6 nitrogen and oxygen atoms in total. The van der Waals surface area contributed by atoms with E-state index in [1.165, 1.54) is 11.3 Å². The van der Waals surface area contributed by atoms with Crippen molar-refractivity contribution in [2.45, 2.75) is 6.92 Å². The zero-order valence-corrected chi connectivity index (χ0v) is 15.7. The number of anilines is 1. The second kappa shape index (κ2) is 6.00. The van der Waals surface area contributed by atoms with Crippen LogP contribution in [-0.2, 0) is 0 Å². The molecule has 1 N–H and O–H groups in total. The minimum Gasteiger partial charge on any atom is -0.288 e. The van der Waals surface area contributed by atoms with Gasteiger partial charge in [-0.15, -0.1) is 16.4 Å². The molecule has 0 bridgehead atoms. The van der Waals surface area contributed by atoms with Gasteiger partial charge in [0.25, 0.3) is 5.91 Å². The molecular formula is C19H12ClN5OS. The summed E-state index contributed by atoms with van der Waals surface area (Å²) in [6.45, 7) is 1.85. The number of hydrogen-bond donors (Lipinski definition) is 1. The fourth-order valence-corrected chi connectivity index (χ4v) is 4.48. The Bertz CT molecular complexity index is 1360. The molecule has 0 aliphatic rings. The van der Waals surface area contributed by atoms with Gasteiger partial charge in [0.1, 0.15) is 10.7 Å². The highest BCUT2D eigenvalue weighted by molar-refractivity contribution is 7.21. The van der Waals surface area contributed by atoms with Crippen molar-refractivity contribution in [2.75, 3.05) is 5.32 Å². The lowest BCUT2D eigenvalue weighted by Crippen LogP contribution is -2.12. The van der Waals surface area contributed by atoms with Crippen molar-refractivity contribution in [1.82, 2.24) is 19.6 Å². The molecule has 3 aromatic heterocycles. The van der Waals surface area contributed by atoms with E-state index < -0.39 is 0 Å². The van der Waals surface area contributed by atoms with E-state index in [-0.39, 0.29) is 11.9 Å². The quantitative estimate of drug-likeness (QED) is 0.471. The van der Waals surface area contributed by atoms with Gasteiger partial charge >= 0.3 is 0 Å². The highest BCUT2D eigenvalue weighted by Crippen LogP contribution is 2.35. The summed E-state index contributed by atoms with van der Waals surface area (Å²) in [5.74, 6) is 0.582. The van der Waals surface area contributed by atoms with Crippen LogP contribution in [0.25, 0.3) is 26.6 Å². The van der Waals surface area contributed by atoms with Crippen LogP contribution in [0.2, 0.25) is 5.02 Å². The highest BCUT2D eigenvalue weighted by atomic mass is 35.5. The third-order valence-electron chi connectivity index (χ3n) is 4.31. The van der Waals surface area contributed by atoms with Crippen LogP contribution in [0.5, 0.6) is 0 Å². The Balaban J connectivity index is 1.57. The van der Waals surface area contributed by atoms with Crippen molar-refractivity contribution in [1.29, 1.82) is 0 Å². The molecule has 0 spiro atoms. The molecule has 0 saturated carbocycles. The third-order valence-corrected chi connectivity index (χ3v) is 5.98. The van der Waals surface area contributed by atoms with E-state index in [0.717, 1.165) is 21.0 Å². The lowest BCUT2D eigenvalue weighted by atomic mass is 10.2. The number of carbonyl (C=O) groups is 1. The largest absolute Gasteiger partial charge is 0.288 e. The summed E-state index contributed by atoms with van der Waals surface area (Å²) in [5.41, 5.74) is 1.48. The molecule has 3 heterocycles. The third kappa shape index (κ3) is 2.55. The number of benzene rings is 2. The van der Waals surface area contributed by atoms with Gasteiger partial charge in [0.15, 0.2) is 5.65 Å². The summed E-state index contributed by atoms with van der Waals surface area (Å²) in [7, 11) is 0. The molecule has 0 unspecified atom stereocenters. The molecule has 2 aromatic carbocycles. The molecule has 0 aliphatic carbocycles.